The molecule has 2 fully saturated rings. The van der Waals surface area contributed by atoms with Crippen LogP contribution in [0.25, 0.3) is 6.08 Å². The summed E-state index contributed by atoms with van der Waals surface area (Å²) in [6.07, 6.45) is 4.75. The fourth-order valence-electron chi connectivity index (χ4n) is 4.29. The number of ketones is 1. The number of esters is 1. The molecule has 1 saturated heterocycles. The quantitative estimate of drug-likeness (QED) is 0.400. The standard InChI is InChI=1S/C24H27FN4O5S.ClH/c1-15(30)35-24(33)9-10-28(13-17(24)11-18-12-26-27-29(18)14-21(31)34-2)22(23(32)16-7-8-16)19-5-3-4-6-20(19)25;/h3-6,11-12,16,22,33H,7-10,13-14H2,1-2H3;1H/b17-11-;. The number of nitrogens with zero attached hydrogens (tertiary/aromatic N) is 4. The summed E-state index contributed by atoms with van der Waals surface area (Å²) in [4.78, 5) is 37.3. The molecular formula is C24H28ClFN4O5S. The van der Waals surface area contributed by atoms with Crippen molar-refractivity contribution in [3.8, 4) is 0 Å². The molecule has 1 aliphatic heterocycles. The van der Waals surface area contributed by atoms with Gasteiger partial charge in [0.2, 0.25) is 0 Å². The third-order valence-electron chi connectivity index (χ3n) is 6.22. The van der Waals surface area contributed by atoms with Crippen LogP contribution < -0.4 is 0 Å². The molecule has 2 aliphatic rings. The van der Waals surface area contributed by atoms with Crippen molar-refractivity contribution in [2.45, 2.75) is 43.7 Å². The zero-order chi connectivity index (χ0) is 25.2. The predicted octanol–water partition coefficient (Wildman–Crippen LogP) is 2.79. The lowest BCUT2D eigenvalue weighted by Crippen LogP contribution is -2.48. The van der Waals surface area contributed by atoms with E-state index in [9.17, 15) is 23.9 Å². The van der Waals surface area contributed by atoms with Gasteiger partial charge in [-0.05, 0) is 42.3 Å². The number of Topliss-reactive ketones (excluding diaryl/α,β-unsaturated/α-hetero) is 1. The largest absolute Gasteiger partial charge is 0.468 e. The number of piperidine rings is 1. The van der Waals surface area contributed by atoms with Gasteiger partial charge in [0, 0.05) is 37.9 Å². The number of methoxy groups -OCH3 is 1. The van der Waals surface area contributed by atoms with Crippen molar-refractivity contribution in [2.75, 3.05) is 20.2 Å². The molecule has 2 aromatic rings. The third-order valence-corrected chi connectivity index (χ3v) is 7.31. The van der Waals surface area contributed by atoms with Crippen LogP contribution in [-0.4, -0.2) is 67.0 Å². The Morgan fingerprint density at radius 1 is 1.33 bits per heavy atom. The van der Waals surface area contributed by atoms with E-state index in [0.29, 0.717) is 16.8 Å². The Labute approximate surface area is 218 Å². The average Bonchev–Trinajstić information content (AvgIpc) is 3.58. The maximum atomic E-state index is 14.8. The number of likely N-dealkylation sites (tertiary alicyclic amines) is 1. The Morgan fingerprint density at radius 2 is 2.06 bits per heavy atom. The summed E-state index contributed by atoms with van der Waals surface area (Å²) >= 11 is 0.793. The number of aromatic nitrogens is 3. The second-order valence-electron chi connectivity index (χ2n) is 8.76. The zero-order valence-corrected chi connectivity index (χ0v) is 21.6. The first-order valence-corrected chi connectivity index (χ1v) is 12.1. The zero-order valence-electron chi connectivity index (χ0n) is 19.9. The van der Waals surface area contributed by atoms with E-state index in [0.717, 1.165) is 24.6 Å². The van der Waals surface area contributed by atoms with Gasteiger partial charge in [0.25, 0.3) is 0 Å². The molecule has 0 radical (unpaired) electrons. The summed E-state index contributed by atoms with van der Waals surface area (Å²) < 4.78 is 20.8. The molecule has 2 atom stereocenters. The van der Waals surface area contributed by atoms with Crippen LogP contribution in [-0.2, 0) is 25.7 Å². The van der Waals surface area contributed by atoms with Gasteiger partial charge in [-0.25, -0.2) is 9.07 Å². The van der Waals surface area contributed by atoms with Crippen molar-refractivity contribution in [1.82, 2.24) is 19.9 Å². The molecule has 1 aromatic carbocycles. The van der Waals surface area contributed by atoms with Crippen molar-refractivity contribution in [3.63, 3.8) is 0 Å². The van der Waals surface area contributed by atoms with Crippen molar-refractivity contribution in [2.24, 2.45) is 5.92 Å². The Bertz CT molecular complexity index is 1170. The molecule has 9 nitrogen and oxygen atoms in total. The van der Waals surface area contributed by atoms with E-state index in [1.165, 1.54) is 31.0 Å². The minimum Gasteiger partial charge on any atom is -0.468 e. The van der Waals surface area contributed by atoms with E-state index in [-0.39, 0.29) is 55.3 Å². The van der Waals surface area contributed by atoms with Crippen LogP contribution in [0.4, 0.5) is 4.39 Å². The number of rotatable bonds is 8. The molecule has 2 heterocycles. The van der Waals surface area contributed by atoms with Crippen LogP contribution in [0.3, 0.4) is 0 Å². The lowest BCUT2D eigenvalue weighted by molar-refractivity contribution is -0.141. The van der Waals surface area contributed by atoms with E-state index >= 15 is 0 Å². The fraction of sp³-hybridized carbons (Fsp3) is 0.458. The number of thioether (sulfide) groups is 1. The highest BCUT2D eigenvalue weighted by atomic mass is 35.5. The molecule has 0 amide bonds. The SMILES string of the molecule is COC(=O)Cn1nncc1/C=C1/CN(C(C(=O)C2CC2)c2ccccc2F)CCC1(O)SC(C)=O.Cl. The summed E-state index contributed by atoms with van der Waals surface area (Å²) in [5, 5.41) is 18.9. The summed E-state index contributed by atoms with van der Waals surface area (Å²) in [7, 11) is 1.26. The first-order chi connectivity index (χ1) is 16.7. The molecule has 1 aliphatic carbocycles. The molecule has 36 heavy (non-hydrogen) atoms. The highest BCUT2D eigenvalue weighted by Crippen LogP contribution is 2.44. The maximum absolute atomic E-state index is 14.8. The minimum atomic E-state index is -1.54. The molecule has 1 aromatic heterocycles. The van der Waals surface area contributed by atoms with Gasteiger partial charge in [0.15, 0.2) is 10.9 Å². The number of aliphatic hydroxyl groups is 1. The highest BCUT2D eigenvalue weighted by molar-refractivity contribution is 8.14. The molecule has 0 spiro atoms. The van der Waals surface area contributed by atoms with Gasteiger partial charge in [0.05, 0.1) is 25.0 Å². The lowest BCUT2D eigenvalue weighted by Gasteiger charge is -2.42. The smallest absolute Gasteiger partial charge is 0.327 e. The van der Waals surface area contributed by atoms with Crippen LogP contribution in [0.15, 0.2) is 36.0 Å². The van der Waals surface area contributed by atoms with Crippen LogP contribution in [0.1, 0.15) is 43.5 Å². The first kappa shape index (κ1) is 28.0. The van der Waals surface area contributed by atoms with Gasteiger partial charge in [0.1, 0.15) is 17.3 Å². The summed E-state index contributed by atoms with van der Waals surface area (Å²) in [5.41, 5.74) is 1.15. The summed E-state index contributed by atoms with van der Waals surface area (Å²) in [6.45, 7) is 1.58. The van der Waals surface area contributed by atoms with Crippen LogP contribution in [0.2, 0.25) is 0 Å². The Balaban J connectivity index is 0.00000361. The minimum absolute atomic E-state index is 0. The van der Waals surface area contributed by atoms with Crippen LogP contribution in [0, 0.1) is 11.7 Å². The van der Waals surface area contributed by atoms with Gasteiger partial charge in [-0.3, -0.25) is 19.3 Å². The number of ether oxygens (including phenoxy) is 1. The van der Waals surface area contributed by atoms with Gasteiger partial charge in [-0.15, -0.1) is 17.5 Å². The molecule has 12 heteroatoms. The predicted molar refractivity (Wildman–Crippen MR) is 134 cm³/mol. The highest BCUT2D eigenvalue weighted by Gasteiger charge is 2.45. The Kier molecular flexibility index (Phi) is 9.04. The maximum Gasteiger partial charge on any atom is 0.327 e. The normalized spacial score (nSPS) is 22.1. The van der Waals surface area contributed by atoms with Gasteiger partial charge >= 0.3 is 5.97 Å². The third kappa shape index (κ3) is 6.20. The number of hydrogen-bond acceptors (Lipinski definition) is 9. The van der Waals surface area contributed by atoms with E-state index in [2.05, 4.69) is 10.3 Å². The second-order valence-corrected chi connectivity index (χ2v) is 10.2. The monoisotopic (exact) mass is 538 g/mol. The number of carbonyl (C=O) groups excluding carboxylic acids is 3. The Morgan fingerprint density at radius 3 is 2.69 bits per heavy atom. The lowest BCUT2D eigenvalue weighted by atomic mass is 9.92. The van der Waals surface area contributed by atoms with Gasteiger partial charge in [-0.1, -0.05) is 23.4 Å². The molecule has 2 unspecified atom stereocenters. The number of benzene rings is 1. The van der Waals surface area contributed by atoms with Crippen molar-refractivity contribution >= 4 is 47.1 Å². The molecule has 1 N–H and O–H groups in total. The van der Waals surface area contributed by atoms with Gasteiger partial charge < -0.3 is 9.84 Å². The van der Waals surface area contributed by atoms with E-state index in [1.54, 1.807) is 24.3 Å². The molecule has 194 valence electrons. The summed E-state index contributed by atoms with van der Waals surface area (Å²) in [6, 6.07) is 5.42. The fourth-order valence-corrected chi connectivity index (χ4v) is 5.22. The number of hydrogen-bond donors (Lipinski definition) is 1. The van der Waals surface area contributed by atoms with E-state index in [4.69, 9.17) is 4.74 Å². The van der Waals surface area contributed by atoms with Crippen LogP contribution >= 0.6 is 24.2 Å². The summed E-state index contributed by atoms with van der Waals surface area (Å²) in [5.74, 6) is -1.14. The number of halogens is 2. The number of carbonyl (C=O) groups is 3. The van der Waals surface area contributed by atoms with E-state index < -0.39 is 22.8 Å². The van der Waals surface area contributed by atoms with Crippen molar-refractivity contribution < 1.29 is 28.6 Å². The molecule has 1 saturated carbocycles. The van der Waals surface area contributed by atoms with Crippen molar-refractivity contribution in [3.05, 3.63) is 53.1 Å². The van der Waals surface area contributed by atoms with Crippen LogP contribution in [0.5, 0.6) is 0 Å². The molecule has 4 rings (SSSR count). The first-order valence-electron chi connectivity index (χ1n) is 11.3. The molecular weight excluding hydrogens is 511 g/mol. The van der Waals surface area contributed by atoms with E-state index in [1.807, 2.05) is 4.90 Å². The second kappa shape index (κ2) is 11.6. The van der Waals surface area contributed by atoms with Gasteiger partial charge in [-0.2, -0.15) is 0 Å². The average molecular weight is 539 g/mol. The van der Waals surface area contributed by atoms with Crippen molar-refractivity contribution in [1.29, 1.82) is 0 Å². The Hall–Kier alpha value is -2.60. The molecule has 0 bridgehead atoms. The topological polar surface area (TPSA) is 115 Å².